The van der Waals surface area contributed by atoms with Gasteiger partial charge in [0.15, 0.2) is 0 Å². The van der Waals surface area contributed by atoms with Gasteiger partial charge in [0.05, 0.1) is 38.6 Å². The number of hydrogen-bond donors (Lipinski definition) is 3. The van der Waals surface area contributed by atoms with Gasteiger partial charge in [0, 0.05) is 36.9 Å². The second kappa shape index (κ2) is 18.7. The van der Waals surface area contributed by atoms with E-state index in [9.17, 15) is 9.59 Å². The van der Waals surface area contributed by atoms with Gasteiger partial charge in [-0.05, 0) is 62.4 Å². The summed E-state index contributed by atoms with van der Waals surface area (Å²) in [6.07, 6.45) is 0. The Balaban J connectivity index is 0.000000542. The lowest BCUT2D eigenvalue weighted by molar-refractivity contribution is 0.0592. The highest BCUT2D eigenvalue weighted by Gasteiger charge is 2.07. The average Bonchev–Trinajstić information content (AvgIpc) is 2.87. The van der Waals surface area contributed by atoms with Gasteiger partial charge >= 0.3 is 11.9 Å². The standard InChI is InChI=1S/C12H17NO3.C10H13NO2.C2H5ClO/c1-3-13(8-9-14)11-6-4-10(5-7-11)12(15)16-2;1-3-11-9-6-4-8(5-7-9)10(12)13-2;3-1-2-4/h4-7,14H,3,8-9H2,1-2H3;4-7,11H,3H2,1-2H3;4H,1-2H2. The molecule has 0 aromatic heterocycles. The van der Waals surface area contributed by atoms with Crippen LogP contribution in [0.1, 0.15) is 34.6 Å². The van der Waals surface area contributed by atoms with Crippen molar-refractivity contribution in [1.82, 2.24) is 0 Å². The van der Waals surface area contributed by atoms with Crippen LogP contribution < -0.4 is 10.2 Å². The number of carbonyl (C=O) groups excluding carboxylic acids is 2. The molecule has 2 aromatic carbocycles. The molecule has 2 rings (SSSR count). The maximum Gasteiger partial charge on any atom is 0.337 e. The third-order valence-electron chi connectivity index (χ3n) is 4.18. The summed E-state index contributed by atoms with van der Waals surface area (Å²) in [7, 11) is 2.74. The summed E-state index contributed by atoms with van der Waals surface area (Å²) in [4.78, 5) is 24.3. The van der Waals surface area contributed by atoms with Gasteiger partial charge in [-0.15, -0.1) is 11.6 Å². The smallest absolute Gasteiger partial charge is 0.337 e. The number of ether oxygens (including phenoxy) is 2. The normalized spacial score (nSPS) is 9.42. The maximum atomic E-state index is 11.2. The largest absolute Gasteiger partial charge is 0.465 e. The first-order valence-corrected chi connectivity index (χ1v) is 11.1. The highest BCUT2D eigenvalue weighted by atomic mass is 35.5. The van der Waals surface area contributed by atoms with Crippen molar-refractivity contribution in [2.75, 3.05) is 63.2 Å². The second-order valence-corrected chi connectivity index (χ2v) is 6.73. The van der Waals surface area contributed by atoms with Crippen molar-refractivity contribution in [2.45, 2.75) is 13.8 Å². The Hall–Kier alpha value is -2.81. The summed E-state index contributed by atoms with van der Waals surface area (Å²) < 4.78 is 9.19. The number of nitrogens with zero attached hydrogens (tertiary/aromatic N) is 1. The molecule has 0 heterocycles. The minimum absolute atomic E-state index is 0.0849. The van der Waals surface area contributed by atoms with Crippen molar-refractivity contribution >= 4 is 34.9 Å². The van der Waals surface area contributed by atoms with Crippen molar-refractivity contribution in [3.05, 3.63) is 59.7 Å². The van der Waals surface area contributed by atoms with Crippen molar-refractivity contribution in [1.29, 1.82) is 0 Å². The van der Waals surface area contributed by atoms with E-state index in [1.165, 1.54) is 14.2 Å². The molecule has 0 unspecified atom stereocenters. The molecule has 0 amide bonds. The molecule has 0 aliphatic heterocycles. The molecule has 0 saturated heterocycles. The van der Waals surface area contributed by atoms with Crippen LogP contribution in [0.15, 0.2) is 48.5 Å². The first-order valence-electron chi connectivity index (χ1n) is 10.5. The number of hydrogen-bond acceptors (Lipinski definition) is 8. The van der Waals surface area contributed by atoms with Crippen LogP contribution in [0.5, 0.6) is 0 Å². The molecular formula is C24H35ClN2O6. The van der Waals surface area contributed by atoms with Gasteiger partial charge in [-0.2, -0.15) is 0 Å². The predicted molar refractivity (Wildman–Crippen MR) is 133 cm³/mol. The number of rotatable bonds is 9. The molecule has 9 heteroatoms. The fraction of sp³-hybridized carbons (Fsp3) is 0.417. The molecule has 184 valence electrons. The molecule has 0 bridgehead atoms. The molecule has 8 nitrogen and oxygen atoms in total. The van der Waals surface area contributed by atoms with E-state index >= 15 is 0 Å². The molecule has 2 aromatic rings. The number of esters is 2. The third-order valence-corrected chi connectivity index (χ3v) is 4.35. The summed E-state index contributed by atoms with van der Waals surface area (Å²) in [5.41, 5.74) is 3.11. The fourth-order valence-corrected chi connectivity index (χ4v) is 2.56. The minimum Gasteiger partial charge on any atom is -0.465 e. The highest BCUT2D eigenvalue weighted by molar-refractivity contribution is 6.17. The van der Waals surface area contributed by atoms with Gasteiger partial charge in [0.2, 0.25) is 0 Å². The highest BCUT2D eigenvalue weighted by Crippen LogP contribution is 2.15. The van der Waals surface area contributed by atoms with E-state index in [0.717, 1.165) is 24.5 Å². The number of methoxy groups -OCH3 is 2. The molecule has 3 N–H and O–H groups in total. The lowest BCUT2D eigenvalue weighted by Crippen LogP contribution is -2.26. The zero-order chi connectivity index (χ0) is 25.1. The summed E-state index contributed by atoms with van der Waals surface area (Å²) >= 11 is 4.94. The van der Waals surface area contributed by atoms with Crippen LogP contribution in [0.25, 0.3) is 0 Å². The topological polar surface area (TPSA) is 108 Å². The molecule has 0 spiro atoms. The van der Waals surface area contributed by atoms with Gasteiger partial charge in [-0.25, -0.2) is 9.59 Å². The molecule has 0 fully saturated rings. The maximum absolute atomic E-state index is 11.2. The lowest BCUT2D eigenvalue weighted by atomic mass is 10.2. The number of anilines is 2. The van der Waals surface area contributed by atoms with E-state index in [1.807, 2.05) is 43.0 Å². The first-order chi connectivity index (χ1) is 15.9. The summed E-state index contributed by atoms with van der Waals surface area (Å²) in [6.45, 7) is 6.52. The quantitative estimate of drug-likeness (QED) is 0.368. The lowest BCUT2D eigenvalue weighted by Gasteiger charge is -2.21. The van der Waals surface area contributed by atoms with Crippen LogP contribution in [0.3, 0.4) is 0 Å². The molecule has 0 aliphatic rings. The van der Waals surface area contributed by atoms with Crippen LogP contribution in [0.4, 0.5) is 11.4 Å². The average molecular weight is 483 g/mol. The van der Waals surface area contributed by atoms with E-state index < -0.39 is 0 Å². The van der Waals surface area contributed by atoms with Crippen LogP contribution in [0, 0.1) is 0 Å². The van der Waals surface area contributed by atoms with Crippen LogP contribution in [0.2, 0.25) is 0 Å². The van der Waals surface area contributed by atoms with E-state index in [-0.39, 0.29) is 25.2 Å². The summed E-state index contributed by atoms with van der Waals surface area (Å²) in [5.74, 6) is -0.292. The predicted octanol–water partition coefficient (Wildman–Crippen LogP) is 3.41. The molecule has 0 saturated carbocycles. The zero-order valence-corrected chi connectivity index (χ0v) is 20.5. The second-order valence-electron chi connectivity index (χ2n) is 6.35. The minimum atomic E-state index is -0.336. The SMILES string of the molecule is CCN(CCO)c1ccc(C(=O)OC)cc1.CCNc1ccc(C(=O)OC)cc1.OCCCl. The number of benzene rings is 2. The molecule has 0 atom stereocenters. The number of aliphatic hydroxyl groups is 2. The number of carbonyl (C=O) groups is 2. The van der Waals surface area contributed by atoms with Crippen molar-refractivity contribution < 1.29 is 29.3 Å². The molecule has 0 aliphatic carbocycles. The Morgan fingerprint density at radius 3 is 1.67 bits per heavy atom. The van der Waals surface area contributed by atoms with Gasteiger partial charge < -0.3 is 29.9 Å². The Morgan fingerprint density at radius 2 is 1.33 bits per heavy atom. The first kappa shape index (κ1) is 30.2. The molecule has 33 heavy (non-hydrogen) atoms. The Labute approximate surface area is 201 Å². The van der Waals surface area contributed by atoms with Crippen molar-refractivity contribution in [3.63, 3.8) is 0 Å². The van der Waals surface area contributed by atoms with Crippen molar-refractivity contribution in [2.24, 2.45) is 0 Å². The Bertz CT molecular complexity index is 783. The van der Waals surface area contributed by atoms with Crippen LogP contribution in [-0.4, -0.2) is 75.1 Å². The monoisotopic (exact) mass is 482 g/mol. The zero-order valence-electron chi connectivity index (χ0n) is 19.7. The number of likely N-dealkylation sites (N-methyl/N-ethyl adjacent to an activating group) is 1. The van der Waals surface area contributed by atoms with Gasteiger partial charge in [0.1, 0.15) is 0 Å². The fourth-order valence-electron chi connectivity index (χ4n) is 2.56. The van der Waals surface area contributed by atoms with E-state index in [1.54, 1.807) is 24.3 Å². The van der Waals surface area contributed by atoms with Crippen LogP contribution in [-0.2, 0) is 9.47 Å². The third kappa shape index (κ3) is 12.1. The van der Waals surface area contributed by atoms with Gasteiger partial charge in [0.25, 0.3) is 0 Å². The number of alkyl halides is 1. The summed E-state index contributed by atoms with van der Waals surface area (Å²) in [6, 6.07) is 14.3. The van der Waals surface area contributed by atoms with E-state index in [0.29, 0.717) is 23.6 Å². The molecule has 0 radical (unpaired) electrons. The van der Waals surface area contributed by atoms with Gasteiger partial charge in [-0.1, -0.05) is 0 Å². The van der Waals surface area contributed by atoms with E-state index in [4.69, 9.17) is 21.8 Å². The van der Waals surface area contributed by atoms with Gasteiger partial charge in [-0.3, -0.25) is 0 Å². The summed E-state index contributed by atoms with van der Waals surface area (Å²) in [5, 5.41) is 19.8. The van der Waals surface area contributed by atoms with E-state index in [2.05, 4.69) is 14.8 Å². The van der Waals surface area contributed by atoms with Crippen molar-refractivity contribution in [3.8, 4) is 0 Å². The van der Waals surface area contributed by atoms with Crippen LogP contribution >= 0.6 is 11.6 Å². The number of aliphatic hydroxyl groups excluding tert-OH is 2. The number of nitrogens with one attached hydrogen (secondary N) is 1. The molecular weight excluding hydrogens is 448 g/mol. The Kier molecular flexibility index (Phi) is 17.1. The number of halogens is 1. The Morgan fingerprint density at radius 1 is 0.879 bits per heavy atom.